The van der Waals surface area contributed by atoms with Gasteiger partial charge in [0.15, 0.2) is 0 Å². The zero-order chi connectivity index (χ0) is 27.5. The Labute approximate surface area is 237 Å². The van der Waals surface area contributed by atoms with Gasteiger partial charge < -0.3 is 24.8 Å². The molecule has 2 N–H and O–H groups in total. The lowest BCUT2D eigenvalue weighted by molar-refractivity contribution is 0.0455. The Morgan fingerprint density at radius 2 is 1.82 bits per heavy atom. The number of methoxy groups -OCH3 is 2. The number of aromatic nitrogens is 2. The zero-order valence-corrected chi connectivity index (χ0v) is 23.9. The maximum Gasteiger partial charge on any atom is 0.126 e. The van der Waals surface area contributed by atoms with Crippen LogP contribution in [0.4, 0.5) is 11.6 Å². The summed E-state index contributed by atoms with van der Waals surface area (Å²) in [5.74, 6) is 1.53. The third-order valence-electron chi connectivity index (χ3n) is 7.91. The molecule has 0 unspecified atom stereocenters. The first-order chi connectivity index (χ1) is 19.1. The molecule has 10 heteroatoms. The van der Waals surface area contributed by atoms with Crippen molar-refractivity contribution in [2.75, 3.05) is 70.9 Å². The molecule has 1 saturated carbocycles. The average molecular weight is 557 g/mol. The molecule has 2 fully saturated rings. The van der Waals surface area contributed by atoms with Gasteiger partial charge >= 0.3 is 0 Å². The van der Waals surface area contributed by atoms with Crippen molar-refractivity contribution in [3.8, 4) is 17.3 Å². The summed E-state index contributed by atoms with van der Waals surface area (Å²) in [5, 5.41) is 17.3. The van der Waals surface area contributed by atoms with Crippen LogP contribution in [0.1, 0.15) is 38.5 Å². The van der Waals surface area contributed by atoms with Crippen LogP contribution in [0.25, 0.3) is 11.3 Å². The van der Waals surface area contributed by atoms with E-state index in [1.807, 2.05) is 24.3 Å². The van der Waals surface area contributed by atoms with Gasteiger partial charge in [0.05, 0.1) is 35.4 Å². The molecule has 3 heterocycles. The summed E-state index contributed by atoms with van der Waals surface area (Å²) in [5.41, 5.74) is 1.17. The van der Waals surface area contributed by atoms with Crippen LogP contribution in [0.3, 0.4) is 0 Å². The average Bonchev–Trinajstić information content (AvgIpc) is 2.98. The Bertz CT molecular complexity index is 1070. The van der Waals surface area contributed by atoms with Crippen LogP contribution in [0.2, 0.25) is 5.02 Å². The molecule has 212 valence electrons. The molecule has 0 spiro atoms. The summed E-state index contributed by atoms with van der Waals surface area (Å²) < 4.78 is 16.1. The summed E-state index contributed by atoms with van der Waals surface area (Å²) >= 11 is 6.57. The number of ether oxygens (including phenoxy) is 3. The van der Waals surface area contributed by atoms with Crippen molar-refractivity contribution >= 4 is 23.2 Å². The maximum absolute atomic E-state index is 9.75. The van der Waals surface area contributed by atoms with E-state index in [2.05, 4.69) is 26.6 Å². The van der Waals surface area contributed by atoms with E-state index in [0.29, 0.717) is 36.9 Å². The van der Waals surface area contributed by atoms with Gasteiger partial charge in [-0.2, -0.15) is 5.26 Å². The number of hydrogen-bond donors (Lipinski definition) is 2. The second-order valence-corrected chi connectivity index (χ2v) is 10.9. The van der Waals surface area contributed by atoms with E-state index < -0.39 is 5.41 Å². The highest BCUT2D eigenvalue weighted by Crippen LogP contribution is 2.32. The van der Waals surface area contributed by atoms with Crippen molar-refractivity contribution in [1.29, 1.82) is 5.26 Å². The number of anilines is 2. The highest BCUT2D eigenvalue weighted by molar-refractivity contribution is 6.33. The lowest BCUT2D eigenvalue weighted by Crippen LogP contribution is -2.43. The van der Waals surface area contributed by atoms with E-state index in [1.165, 1.54) is 0 Å². The smallest absolute Gasteiger partial charge is 0.126 e. The molecule has 39 heavy (non-hydrogen) atoms. The van der Waals surface area contributed by atoms with Crippen molar-refractivity contribution in [3.05, 3.63) is 35.5 Å². The molecule has 0 aromatic carbocycles. The predicted octanol–water partition coefficient (Wildman–Crippen LogP) is 4.85. The number of hydrogen-bond acceptors (Lipinski definition) is 9. The molecule has 1 aliphatic heterocycles. The van der Waals surface area contributed by atoms with E-state index in [0.717, 1.165) is 87.7 Å². The van der Waals surface area contributed by atoms with Crippen molar-refractivity contribution in [3.63, 3.8) is 0 Å². The van der Waals surface area contributed by atoms with Crippen molar-refractivity contribution in [2.24, 2.45) is 5.41 Å². The molecular weight excluding hydrogens is 516 g/mol. The highest BCUT2D eigenvalue weighted by atomic mass is 35.5. The monoisotopic (exact) mass is 556 g/mol. The minimum Gasteiger partial charge on any atom is -0.383 e. The van der Waals surface area contributed by atoms with Gasteiger partial charge in [0, 0.05) is 70.9 Å². The third kappa shape index (κ3) is 8.26. The van der Waals surface area contributed by atoms with Crippen LogP contribution in [0.15, 0.2) is 30.5 Å². The van der Waals surface area contributed by atoms with Crippen molar-refractivity contribution in [1.82, 2.24) is 14.9 Å². The van der Waals surface area contributed by atoms with Crippen LogP contribution in [0, 0.1) is 16.7 Å². The number of pyridine rings is 2. The molecule has 0 atom stereocenters. The minimum atomic E-state index is -0.426. The molecule has 0 radical (unpaired) electrons. The molecule has 4 rings (SSSR count). The molecule has 9 nitrogen and oxygen atoms in total. The normalized spacial score (nSPS) is 20.9. The van der Waals surface area contributed by atoms with E-state index >= 15 is 0 Å². The first-order valence-corrected chi connectivity index (χ1v) is 14.3. The fraction of sp³-hybridized carbons (Fsp3) is 0.621. The van der Waals surface area contributed by atoms with Gasteiger partial charge in [-0.1, -0.05) is 17.7 Å². The van der Waals surface area contributed by atoms with Crippen LogP contribution >= 0.6 is 11.6 Å². The Balaban J connectivity index is 1.37. The fourth-order valence-corrected chi connectivity index (χ4v) is 5.64. The molecule has 2 aromatic heterocycles. The van der Waals surface area contributed by atoms with Crippen LogP contribution in [0.5, 0.6) is 0 Å². The second kappa shape index (κ2) is 14.8. The van der Waals surface area contributed by atoms with E-state index in [-0.39, 0.29) is 0 Å². The van der Waals surface area contributed by atoms with E-state index in [9.17, 15) is 5.26 Å². The third-order valence-corrected chi connectivity index (χ3v) is 8.21. The van der Waals surface area contributed by atoms with Crippen molar-refractivity contribution < 1.29 is 14.2 Å². The quantitative estimate of drug-likeness (QED) is 0.358. The Kier molecular flexibility index (Phi) is 11.2. The fourth-order valence-electron chi connectivity index (χ4n) is 5.44. The molecule has 1 saturated heterocycles. The largest absolute Gasteiger partial charge is 0.383 e. The van der Waals surface area contributed by atoms with Gasteiger partial charge in [0.1, 0.15) is 11.6 Å². The van der Waals surface area contributed by atoms with Gasteiger partial charge in [-0.25, -0.2) is 9.97 Å². The lowest BCUT2D eigenvalue weighted by Gasteiger charge is -2.37. The number of nitriles is 1. The van der Waals surface area contributed by atoms with Gasteiger partial charge in [-0.15, -0.1) is 0 Å². The molecule has 0 bridgehead atoms. The Morgan fingerprint density at radius 1 is 1.10 bits per heavy atom. The maximum atomic E-state index is 9.75. The standard InChI is InChI=1S/C29H41ClN6O3/c1-37-16-12-36(13-17-38-2)23-8-6-22(7-9-23)34-28-18-24(25(30)19-32-28)26-4-3-5-27(35-26)33-21-29(20-31)10-14-39-15-11-29/h3-5,18-19,22-23H,6-17,21H2,1-2H3,(H,32,34)(H,33,35)/t22-,23-. The second-order valence-electron chi connectivity index (χ2n) is 10.5. The van der Waals surface area contributed by atoms with E-state index in [4.69, 9.17) is 30.8 Å². The zero-order valence-electron chi connectivity index (χ0n) is 23.1. The summed E-state index contributed by atoms with van der Waals surface area (Å²) in [6.07, 6.45) is 7.53. The van der Waals surface area contributed by atoms with Crippen LogP contribution in [-0.2, 0) is 14.2 Å². The number of nitrogens with one attached hydrogen (secondary N) is 2. The number of nitrogens with zero attached hydrogens (tertiary/aromatic N) is 4. The Hall–Kier alpha value is -2.48. The summed E-state index contributed by atoms with van der Waals surface area (Å²) in [6, 6.07) is 11.2. The van der Waals surface area contributed by atoms with Crippen molar-refractivity contribution in [2.45, 2.75) is 50.6 Å². The number of rotatable bonds is 13. The topological polar surface area (TPSA) is 105 Å². The molecule has 2 aromatic rings. The van der Waals surface area contributed by atoms with Crippen LogP contribution < -0.4 is 10.6 Å². The number of halogens is 1. The first-order valence-electron chi connectivity index (χ1n) is 13.9. The molecular formula is C29H41ClN6O3. The highest BCUT2D eigenvalue weighted by Gasteiger charge is 2.32. The van der Waals surface area contributed by atoms with Gasteiger partial charge in [0.25, 0.3) is 0 Å². The van der Waals surface area contributed by atoms with Gasteiger partial charge in [-0.3, -0.25) is 4.90 Å². The predicted molar refractivity (Wildman–Crippen MR) is 154 cm³/mol. The van der Waals surface area contributed by atoms with Crippen LogP contribution in [-0.4, -0.2) is 87.2 Å². The Morgan fingerprint density at radius 3 is 2.49 bits per heavy atom. The summed E-state index contributed by atoms with van der Waals surface area (Å²) in [4.78, 5) is 11.9. The van der Waals surface area contributed by atoms with Gasteiger partial charge in [-0.05, 0) is 56.7 Å². The molecule has 2 aliphatic rings. The first kappa shape index (κ1) is 29.5. The minimum absolute atomic E-state index is 0.358. The summed E-state index contributed by atoms with van der Waals surface area (Å²) in [6.45, 7) is 5.10. The molecule has 0 amide bonds. The summed E-state index contributed by atoms with van der Waals surface area (Å²) in [7, 11) is 3.50. The van der Waals surface area contributed by atoms with E-state index in [1.54, 1.807) is 20.4 Å². The lowest BCUT2D eigenvalue weighted by atomic mass is 9.82. The SMILES string of the molecule is COCCN(CCOC)[C@H]1CC[C@H](Nc2cc(-c3cccc(NCC4(C#N)CCOCC4)n3)c(Cl)cn2)CC1. The van der Waals surface area contributed by atoms with Gasteiger partial charge in [0.2, 0.25) is 0 Å². The molecule has 1 aliphatic carbocycles.